The minimum atomic E-state index is 0.620. The van der Waals surface area contributed by atoms with Crippen LogP contribution in [-0.2, 0) is 17.7 Å². The number of anilines is 2. The molecule has 1 aliphatic heterocycles. The monoisotopic (exact) mass is 427 g/mol. The number of nitrogens with zero attached hydrogens (tertiary/aromatic N) is 2. The molecule has 0 bridgehead atoms. The van der Waals surface area contributed by atoms with Crippen molar-refractivity contribution in [3.05, 3.63) is 53.6 Å². The first-order chi connectivity index (χ1) is 14.6. The number of hydrogen-bond acceptors (Lipinski definition) is 4. The summed E-state index contributed by atoms with van der Waals surface area (Å²) in [5, 5.41) is 4.03. The number of methoxy groups -OCH3 is 2. The zero-order valence-electron chi connectivity index (χ0n) is 18.3. The summed E-state index contributed by atoms with van der Waals surface area (Å²) in [6, 6.07) is 14.7. The molecule has 0 radical (unpaired) electrons. The largest absolute Gasteiger partial charge is 0.497 e. The highest BCUT2D eigenvalue weighted by Gasteiger charge is 2.18. The van der Waals surface area contributed by atoms with Gasteiger partial charge in [0.05, 0.1) is 13.7 Å². The van der Waals surface area contributed by atoms with E-state index in [1.807, 2.05) is 24.3 Å². The minimum Gasteiger partial charge on any atom is -0.497 e. The molecule has 0 aliphatic carbocycles. The fraction of sp³-hybridized carbons (Fsp3) is 0.458. The molecule has 2 aromatic carbocycles. The quantitative estimate of drug-likeness (QED) is 0.585. The Morgan fingerprint density at radius 2 is 2.07 bits per heavy atom. The van der Waals surface area contributed by atoms with Gasteiger partial charge in [0, 0.05) is 50.7 Å². The lowest BCUT2D eigenvalue weighted by Gasteiger charge is -2.32. The van der Waals surface area contributed by atoms with Crippen molar-refractivity contribution in [3.63, 3.8) is 0 Å². The van der Waals surface area contributed by atoms with Crippen LogP contribution in [0.15, 0.2) is 42.5 Å². The van der Waals surface area contributed by atoms with Gasteiger partial charge in [-0.25, -0.2) is 0 Å². The van der Waals surface area contributed by atoms with Crippen LogP contribution in [0.1, 0.15) is 30.9 Å². The summed E-state index contributed by atoms with van der Waals surface area (Å²) >= 11 is 5.73. The molecule has 0 saturated heterocycles. The topological polar surface area (TPSA) is 37.0 Å². The molecule has 6 heteroatoms. The smallest absolute Gasteiger partial charge is 0.173 e. The number of rotatable bonds is 9. The lowest BCUT2D eigenvalue weighted by Crippen LogP contribution is -2.36. The summed E-state index contributed by atoms with van der Waals surface area (Å²) in [5.41, 5.74) is 5.04. The number of benzene rings is 2. The number of ether oxygens (including phenoxy) is 2. The van der Waals surface area contributed by atoms with Crippen LogP contribution in [0.25, 0.3) is 0 Å². The van der Waals surface area contributed by atoms with E-state index in [1.54, 1.807) is 14.2 Å². The van der Waals surface area contributed by atoms with Gasteiger partial charge in [0.25, 0.3) is 0 Å². The summed E-state index contributed by atoms with van der Waals surface area (Å²) in [6.07, 6.45) is 3.55. The van der Waals surface area contributed by atoms with Crippen molar-refractivity contribution in [1.82, 2.24) is 4.90 Å². The SMILES string of the molecule is CCCN1CCCc2cc(CN(CCOC)C(=S)Nc3cccc(OC)c3)ccc21. The number of hydrogen-bond donors (Lipinski definition) is 1. The Morgan fingerprint density at radius 3 is 2.83 bits per heavy atom. The van der Waals surface area contributed by atoms with Gasteiger partial charge in [-0.2, -0.15) is 0 Å². The molecule has 1 heterocycles. The Bertz CT molecular complexity index is 843. The second kappa shape index (κ2) is 11.2. The molecule has 3 rings (SSSR count). The van der Waals surface area contributed by atoms with Gasteiger partial charge >= 0.3 is 0 Å². The molecule has 2 aromatic rings. The van der Waals surface area contributed by atoms with E-state index in [-0.39, 0.29) is 0 Å². The summed E-state index contributed by atoms with van der Waals surface area (Å²) in [4.78, 5) is 4.67. The zero-order valence-corrected chi connectivity index (χ0v) is 19.1. The number of thiocarbonyl (C=S) groups is 1. The standard InChI is InChI=1S/C24H33N3O2S/c1-4-12-26-13-6-7-20-16-19(10-11-23(20)26)18-27(14-15-28-2)24(30)25-21-8-5-9-22(17-21)29-3/h5,8-11,16-17H,4,6-7,12-15,18H2,1-3H3,(H,25,30). The van der Waals surface area contributed by atoms with E-state index >= 15 is 0 Å². The Labute approximate surface area is 186 Å². The van der Waals surface area contributed by atoms with Crippen LogP contribution in [-0.4, -0.2) is 50.5 Å². The van der Waals surface area contributed by atoms with Gasteiger partial charge in [0.1, 0.15) is 5.75 Å². The second-order valence-electron chi connectivity index (χ2n) is 7.63. The summed E-state index contributed by atoms with van der Waals surface area (Å²) in [7, 11) is 3.39. The average Bonchev–Trinajstić information content (AvgIpc) is 2.77. The van der Waals surface area contributed by atoms with Crippen molar-refractivity contribution in [2.45, 2.75) is 32.7 Å². The maximum atomic E-state index is 5.73. The van der Waals surface area contributed by atoms with Gasteiger partial charge < -0.3 is 24.6 Å². The molecular weight excluding hydrogens is 394 g/mol. The fourth-order valence-corrected chi connectivity index (χ4v) is 4.18. The molecular formula is C24H33N3O2S. The normalized spacial score (nSPS) is 13.0. The van der Waals surface area contributed by atoms with Gasteiger partial charge in [-0.05, 0) is 60.8 Å². The van der Waals surface area contributed by atoms with Crippen molar-refractivity contribution < 1.29 is 9.47 Å². The highest BCUT2D eigenvalue weighted by atomic mass is 32.1. The van der Waals surface area contributed by atoms with Gasteiger partial charge in [-0.3, -0.25) is 0 Å². The first-order valence-corrected chi connectivity index (χ1v) is 11.1. The molecule has 5 nitrogen and oxygen atoms in total. The van der Waals surface area contributed by atoms with Gasteiger partial charge in [0.2, 0.25) is 0 Å². The maximum absolute atomic E-state index is 5.73. The minimum absolute atomic E-state index is 0.620. The third-order valence-corrected chi connectivity index (χ3v) is 5.76. The third kappa shape index (κ3) is 5.86. The molecule has 0 unspecified atom stereocenters. The molecule has 1 N–H and O–H groups in total. The van der Waals surface area contributed by atoms with E-state index in [1.165, 1.54) is 29.7 Å². The van der Waals surface area contributed by atoms with Crippen LogP contribution in [0.4, 0.5) is 11.4 Å². The molecule has 162 valence electrons. The zero-order chi connectivity index (χ0) is 21.3. The van der Waals surface area contributed by atoms with Crippen LogP contribution >= 0.6 is 12.2 Å². The van der Waals surface area contributed by atoms with E-state index in [2.05, 4.69) is 40.2 Å². The number of nitrogens with one attached hydrogen (secondary N) is 1. The molecule has 0 spiro atoms. The van der Waals surface area contributed by atoms with E-state index < -0.39 is 0 Å². The molecule has 0 saturated carbocycles. The van der Waals surface area contributed by atoms with E-state index in [4.69, 9.17) is 21.7 Å². The highest BCUT2D eigenvalue weighted by molar-refractivity contribution is 7.80. The molecule has 30 heavy (non-hydrogen) atoms. The summed E-state index contributed by atoms with van der Waals surface area (Å²) < 4.78 is 10.6. The predicted octanol–water partition coefficient (Wildman–Crippen LogP) is 4.70. The van der Waals surface area contributed by atoms with Crippen LogP contribution < -0.4 is 15.0 Å². The molecule has 0 atom stereocenters. The Balaban J connectivity index is 1.73. The number of aryl methyl sites for hydroxylation is 1. The second-order valence-corrected chi connectivity index (χ2v) is 8.02. The highest BCUT2D eigenvalue weighted by Crippen LogP contribution is 2.28. The summed E-state index contributed by atoms with van der Waals surface area (Å²) in [6.45, 7) is 6.63. The predicted molar refractivity (Wildman–Crippen MR) is 129 cm³/mol. The first kappa shape index (κ1) is 22.4. The molecule has 0 fully saturated rings. The Hall–Kier alpha value is -2.31. The molecule has 0 aromatic heterocycles. The molecule has 0 amide bonds. The van der Waals surface area contributed by atoms with Crippen molar-refractivity contribution in [1.29, 1.82) is 0 Å². The van der Waals surface area contributed by atoms with Crippen LogP contribution in [0, 0.1) is 0 Å². The molecule has 1 aliphatic rings. The average molecular weight is 428 g/mol. The van der Waals surface area contributed by atoms with Gasteiger partial charge in [0.15, 0.2) is 5.11 Å². The Kier molecular flexibility index (Phi) is 8.34. The van der Waals surface area contributed by atoms with Crippen LogP contribution in [0.2, 0.25) is 0 Å². The van der Waals surface area contributed by atoms with Crippen molar-refractivity contribution in [2.24, 2.45) is 0 Å². The third-order valence-electron chi connectivity index (χ3n) is 5.40. The van der Waals surface area contributed by atoms with Gasteiger partial charge in [-0.15, -0.1) is 0 Å². The van der Waals surface area contributed by atoms with E-state index in [0.29, 0.717) is 11.7 Å². The number of fused-ring (bicyclic) bond motifs is 1. The van der Waals surface area contributed by atoms with Gasteiger partial charge in [-0.1, -0.05) is 25.1 Å². The summed E-state index contributed by atoms with van der Waals surface area (Å²) in [5.74, 6) is 0.803. The lowest BCUT2D eigenvalue weighted by atomic mass is 9.99. The Morgan fingerprint density at radius 1 is 1.20 bits per heavy atom. The van der Waals surface area contributed by atoms with E-state index in [0.717, 1.165) is 44.0 Å². The van der Waals surface area contributed by atoms with Crippen molar-refractivity contribution in [2.75, 3.05) is 50.7 Å². The van der Waals surface area contributed by atoms with Crippen LogP contribution in [0.3, 0.4) is 0 Å². The van der Waals surface area contributed by atoms with Crippen molar-refractivity contribution in [3.8, 4) is 5.75 Å². The van der Waals surface area contributed by atoms with Crippen LogP contribution in [0.5, 0.6) is 5.75 Å². The maximum Gasteiger partial charge on any atom is 0.173 e. The van der Waals surface area contributed by atoms with E-state index in [9.17, 15) is 0 Å². The first-order valence-electron chi connectivity index (χ1n) is 10.7. The fourth-order valence-electron chi connectivity index (χ4n) is 3.91. The lowest BCUT2D eigenvalue weighted by molar-refractivity contribution is 0.175. The van der Waals surface area contributed by atoms with Crippen molar-refractivity contribution >= 4 is 28.7 Å².